The third kappa shape index (κ3) is 28.8. The van der Waals surface area contributed by atoms with E-state index < -0.39 is 11.9 Å². The average Bonchev–Trinajstić information content (AvgIpc) is 1.61. The van der Waals surface area contributed by atoms with Gasteiger partial charge in [-0.2, -0.15) is 54.0 Å². The van der Waals surface area contributed by atoms with Crippen LogP contribution >= 0.6 is 148 Å². The van der Waals surface area contributed by atoms with Crippen molar-refractivity contribution >= 4 is 190 Å². The summed E-state index contributed by atoms with van der Waals surface area (Å²) in [6.45, 7) is 4.80. The molecule has 9 aromatic carbocycles. The van der Waals surface area contributed by atoms with Crippen LogP contribution in [0.25, 0.3) is 0 Å². The van der Waals surface area contributed by atoms with Crippen LogP contribution in [0.4, 0.5) is 0 Å². The number of amides is 3. The number of carbonyl (C=O) groups excluding carboxylic acids is 7. The lowest BCUT2D eigenvalue weighted by Gasteiger charge is -2.34. The maximum absolute atomic E-state index is 13.5. The van der Waals surface area contributed by atoms with Gasteiger partial charge in [-0.05, 0) is 181 Å². The SMILES string of the molecule is COC(=O)c1ccc(CBr)c(Br)c1.COC(=O)c1ccc(CC[C@H](CO)c2cccc(Cl)c2)c(Br)c1.COC(=O)c1ccc2c(c1)OC[C@H](c1cccc(Cl)c1)N(C(=O)C1CCOCC1)C2.COC(=O)c1ccc2c(c1)OC[C@H](c1cccc(Cl)c1)NC2.O=C(NO)c1ccc2c(c1)OC[C@H](c1cccc(Cl)c1)N(C(=O)C1CCOCC1)C2.S.S.S.S. The summed E-state index contributed by atoms with van der Waals surface area (Å²) >= 11 is 34.7. The molecule has 0 spiro atoms. The highest BCUT2D eigenvalue weighted by atomic mass is 79.9. The maximum atomic E-state index is 13.5. The average molecular weight is 2020 g/mol. The molecule has 5 aliphatic heterocycles. The Kier molecular flexibility index (Phi) is 43.8. The van der Waals surface area contributed by atoms with E-state index in [2.05, 4.69) is 57.8 Å². The third-order valence-corrected chi connectivity index (χ3v) is 23.4. The zero-order valence-corrected chi connectivity index (χ0v) is 78.8. The lowest BCUT2D eigenvalue weighted by Crippen LogP contribution is -2.41. The Morgan fingerprint density at radius 1 is 0.475 bits per heavy atom. The summed E-state index contributed by atoms with van der Waals surface area (Å²) in [6, 6.07) is 56.0. The monoisotopic (exact) mass is 2010 g/mol. The first kappa shape index (κ1) is 103. The van der Waals surface area contributed by atoms with Crippen LogP contribution in [0.1, 0.15) is 158 Å². The molecular weight excluding hydrogens is 1920 g/mol. The second kappa shape index (κ2) is 51.8. The Labute approximate surface area is 783 Å². The molecule has 9 aromatic rings. The van der Waals surface area contributed by atoms with Gasteiger partial charge in [0.05, 0.1) is 81.9 Å². The summed E-state index contributed by atoms with van der Waals surface area (Å²) in [5.41, 5.74) is 12.6. The summed E-state index contributed by atoms with van der Waals surface area (Å²) in [4.78, 5) is 88.7. The van der Waals surface area contributed by atoms with Crippen molar-refractivity contribution in [1.29, 1.82) is 0 Å². The van der Waals surface area contributed by atoms with E-state index in [1.54, 1.807) is 78.3 Å². The lowest BCUT2D eigenvalue weighted by molar-refractivity contribution is -0.143. The normalized spacial score (nSPS) is 15.9. The number of aliphatic hydroxyl groups is 1. The molecule has 0 unspecified atom stereocenters. The minimum Gasteiger partial charge on any atom is -0.491 e. The quantitative estimate of drug-likeness (QED) is 0.0230. The summed E-state index contributed by atoms with van der Waals surface area (Å²) in [5.74, 6) is -0.245. The molecule has 4 N–H and O–H groups in total. The smallest absolute Gasteiger partial charge is 0.337 e. The molecule has 4 atom stereocenters. The molecule has 3 amide bonds. The second-order valence-corrected chi connectivity index (χ2v) is 31.9. The number of aryl methyl sites for hydroxylation is 1. The van der Waals surface area contributed by atoms with Crippen molar-refractivity contribution in [2.45, 2.75) is 87.5 Å². The maximum Gasteiger partial charge on any atom is 0.337 e. The number of hydrogen-bond acceptors (Lipinski definition) is 19. The number of fused-ring (bicyclic) bond motifs is 3. The highest BCUT2D eigenvalue weighted by Gasteiger charge is 2.37. The molecule has 122 heavy (non-hydrogen) atoms. The van der Waals surface area contributed by atoms with Crippen LogP contribution in [0, 0.1) is 11.8 Å². The number of methoxy groups -OCH3 is 4. The molecule has 33 heteroatoms. The van der Waals surface area contributed by atoms with Crippen LogP contribution in [-0.4, -0.2) is 143 Å². The van der Waals surface area contributed by atoms with Gasteiger partial charge in [-0.25, -0.2) is 24.7 Å². The number of hydroxylamine groups is 1. The molecule has 654 valence electrons. The summed E-state index contributed by atoms with van der Waals surface area (Å²) in [7, 11) is 5.44. The topological polar surface area (TPSA) is 274 Å². The van der Waals surface area contributed by atoms with Crippen molar-refractivity contribution in [2.75, 3.05) is 81.3 Å². The summed E-state index contributed by atoms with van der Waals surface area (Å²) in [6.07, 6.45) is 4.38. The number of aliphatic hydroxyl groups excluding tert-OH is 1. The van der Waals surface area contributed by atoms with E-state index in [4.69, 9.17) is 89.5 Å². The summed E-state index contributed by atoms with van der Waals surface area (Å²) in [5, 5.41) is 25.3. The number of carbonyl (C=O) groups is 7. The number of rotatable bonds is 16. The summed E-state index contributed by atoms with van der Waals surface area (Å²) < 4.78 is 49.5. The molecule has 14 rings (SSSR count). The van der Waals surface area contributed by atoms with Crippen LogP contribution in [0.5, 0.6) is 17.2 Å². The fourth-order valence-electron chi connectivity index (χ4n) is 13.8. The van der Waals surface area contributed by atoms with E-state index in [0.29, 0.717) is 138 Å². The van der Waals surface area contributed by atoms with Crippen molar-refractivity contribution in [1.82, 2.24) is 20.6 Å². The number of benzene rings is 9. The van der Waals surface area contributed by atoms with Gasteiger partial charge in [-0.1, -0.05) is 173 Å². The fraction of sp³-hybridized carbons (Fsp3) is 0.315. The molecule has 0 aromatic heterocycles. The van der Waals surface area contributed by atoms with E-state index in [1.165, 1.54) is 28.4 Å². The van der Waals surface area contributed by atoms with E-state index in [9.17, 15) is 38.7 Å². The molecule has 22 nitrogen and oxygen atoms in total. The predicted octanol–water partition coefficient (Wildman–Crippen LogP) is 18.9. The van der Waals surface area contributed by atoms with Crippen LogP contribution in [0.15, 0.2) is 197 Å². The Morgan fingerprint density at radius 3 is 1.27 bits per heavy atom. The van der Waals surface area contributed by atoms with Crippen molar-refractivity contribution in [2.24, 2.45) is 11.8 Å². The van der Waals surface area contributed by atoms with Gasteiger partial charge in [0, 0.05) is 114 Å². The van der Waals surface area contributed by atoms with Crippen molar-refractivity contribution in [3.8, 4) is 17.2 Å². The molecule has 5 heterocycles. The third-order valence-electron chi connectivity index (χ3n) is 20.4. The van der Waals surface area contributed by atoms with Gasteiger partial charge < -0.3 is 62.9 Å². The highest BCUT2D eigenvalue weighted by molar-refractivity contribution is 9.11. The van der Waals surface area contributed by atoms with Crippen LogP contribution in [-0.2, 0) is 69.4 Å². The first-order valence-corrected chi connectivity index (χ1v) is 42.1. The van der Waals surface area contributed by atoms with Gasteiger partial charge in [0.25, 0.3) is 5.91 Å². The second-order valence-electron chi connectivity index (χ2n) is 27.9. The molecule has 2 fully saturated rings. The largest absolute Gasteiger partial charge is 0.491 e. The van der Waals surface area contributed by atoms with E-state index in [-0.39, 0.29) is 145 Å². The van der Waals surface area contributed by atoms with Gasteiger partial charge in [0.15, 0.2) is 0 Å². The standard InChI is InChI=1S/C23H24ClNO5.C22H23ClN2O5.C18H18BrClO3.C17H16ClNO3.C9H8Br2O2.4H2S/c1-28-23(27)17-5-6-18-13-25(22(26)15-7-9-29-10-8-15)20(14-30-21(18)12-17)16-3-2-4-19(24)11-16;23-18-3-1-2-15(10-18)19-13-30-20-11-16(21(26)24-28)4-5-17(20)12-25(19)22(27)14-6-8-29-9-7-14;1-23-18(22)14-7-5-12(17(19)10-14)6-8-15(11-21)13-3-2-4-16(20)9-13;1-21-17(20)12-5-6-13-9-19-15(10-22-16(13)8-12)11-3-2-4-14(18)7-11;1-13-9(12)6-2-3-7(5-10)8(11)4-6;;;;/h2-6,11-12,15,20H,7-10,13-14H2,1H3;1-5,10-11,14,19,28H,6-9,12-13H2,(H,24,26);2-5,7,9-10,15,21H,6,8,11H2,1H3;2-8,15,19H,9-10H2,1H3;2-4H,5H2,1H3;4*1H2/t20-;19-;2*15-;;;;;/m1111...../s1. The number of halogens is 7. The minimum absolute atomic E-state index is 0. The van der Waals surface area contributed by atoms with E-state index in [0.717, 1.165) is 77.2 Å². The first-order valence-electron chi connectivity index (χ1n) is 37.8. The van der Waals surface area contributed by atoms with Gasteiger partial charge in [-0.3, -0.25) is 19.6 Å². The first-order chi connectivity index (χ1) is 57.0. The van der Waals surface area contributed by atoms with Crippen molar-refractivity contribution < 1.29 is 86.5 Å². The molecule has 0 saturated carbocycles. The molecule has 0 aliphatic carbocycles. The lowest BCUT2D eigenvalue weighted by atomic mass is 9.93. The van der Waals surface area contributed by atoms with Gasteiger partial charge >= 0.3 is 23.9 Å². The van der Waals surface area contributed by atoms with Gasteiger partial charge in [-0.15, -0.1) is 0 Å². The van der Waals surface area contributed by atoms with Crippen LogP contribution < -0.4 is 25.0 Å². The molecule has 5 aliphatic rings. The molecular formula is C89H97Br3Cl4N4O18S4. The Bertz CT molecular complexity index is 4870. The van der Waals surface area contributed by atoms with Crippen molar-refractivity contribution in [3.05, 3.63) is 295 Å². The molecule has 2 saturated heterocycles. The number of nitrogens with one attached hydrogen (secondary N) is 2. The minimum atomic E-state index is -0.618. The van der Waals surface area contributed by atoms with Crippen LogP contribution in [0.3, 0.4) is 0 Å². The Hall–Kier alpha value is -7.53. The predicted molar refractivity (Wildman–Crippen MR) is 500 cm³/mol. The van der Waals surface area contributed by atoms with Gasteiger partial charge in [0.1, 0.15) is 37.1 Å². The molecule has 0 radical (unpaired) electrons. The zero-order valence-electron chi connectivity index (χ0n) is 67.1. The number of hydrogen-bond donors (Lipinski definition) is 4. The Balaban J connectivity index is 0.000000239. The number of ether oxygens (including phenoxy) is 9. The van der Waals surface area contributed by atoms with Crippen LogP contribution in [0.2, 0.25) is 20.1 Å². The number of alkyl halides is 1. The fourth-order valence-corrected chi connectivity index (χ4v) is 16.6. The van der Waals surface area contributed by atoms with E-state index in [1.807, 2.05) is 125 Å². The Morgan fingerprint density at radius 2 is 0.852 bits per heavy atom. The molecule has 0 bridgehead atoms. The zero-order chi connectivity index (χ0) is 84.4. The van der Waals surface area contributed by atoms with E-state index >= 15 is 0 Å². The van der Waals surface area contributed by atoms with Crippen molar-refractivity contribution in [3.63, 3.8) is 0 Å². The number of esters is 4. The van der Waals surface area contributed by atoms with Gasteiger partial charge in [0.2, 0.25) is 11.8 Å². The highest BCUT2D eigenvalue weighted by Crippen LogP contribution is 2.39. The number of nitrogens with zero attached hydrogens (tertiary/aromatic N) is 2.